The summed E-state index contributed by atoms with van der Waals surface area (Å²) in [6.45, 7) is 2.00. The molecule has 0 aliphatic heterocycles. The highest BCUT2D eigenvalue weighted by atomic mass is 19.1. The van der Waals surface area contributed by atoms with Crippen molar-refractivity contribution in [3.63, 3.8) is 0 Å². The molecular formula is C10H15FN2O. The number of nitrogens with zero attached hydrogens (tertiary/aromatic N) is 1. The van der Waals surface area contributed by atoms with Crippen molar-refractivity contribution in [1.82, 2.24) is 4.57 Å². The first-order valence-corrected chi connectivity index (χ1v) is 4.68. The van der Waals surface area contributed by atoms with Crippen LogP contribution in [0.4, 0.5) is 10.1 Å². The van der Waals surface area contributed by atoms with Crippen LogP contribution >= 0.6 is 0 Å². The van der Waals surface area contributed by atoms with Gasteiger partial charge >= 0.3 is 0 Å². The quantitative estimate of drug-likeness (QED) is 0.745. The van der Waals surface area contributed by atoms with Crippen molar-refractivity contribution in [3.05, 3.63) is 28.2 Å². The second-order valence-corrected chi connectivity index (χ2v) is 3.26. The van der Waals surface area contributed by atoms with E-state index in [-0.39, 0.29) is 12.2 Å². The predicted molar refractivity (Wildman–Crippen MR) is 55.1 cm³/mol. The first kappa shape index (κ1) is 10.8. The summed E-state index contributed by atoms with van der Waals surface area (Å²) in [4.78, 5) is 11.4. The fourth-order valence-corrected chi connectivity index (χ4v) is 1.34. The van der Waals surface area contributed by atoms with Gasteiger partial charge in [-0.1, -0.05) is 0 Å². The summed E-state index contributed by atoms with van der Waals surface area (Å²) in [5.41, 5.74) is 6.95. The van der Waals surface area contributed by atoms with E-state index in [1.54, 1.807) is 17.6 Å². The topological polar surface area (TPSA) is 48.0 Å². The smallest absolute Gasteiger partial charge is 0.250 e. The number of halogens is 1. The summed E-state index contributed by atoms with van der Waals surface area (Å²) in [6.07, 6.45) is 1.15. The molecule has 0 saturated heterocycles. The Bertz CT molecular complexity index is 360. The number of unbranched alkanes of at least 4 members (excludes halogenated alkanes) is 1. The Hall–Kier alpha value is -1.32. The van der Waals surface area contributed by atoms with Crippen molar-refractivity contribution in [1.29, 1.82) is 0 Å². The van der Waals surface area contributed by atoms with Gasteiger partial charge in [-0.15, -0.1) is 0 Å². The van der Waals surface area contributed by atoms with Crippen LogP contribution in [0.3, 0.4) is 0 Å². The molecule has 0 radical (unpaired) electrons. The molecule has 1 rings (SSSR count). The average molecular weight is 198 g/mol. The van der Waals surface area contributed by atoms with Crippen LogP contribution in [0.15, 0.2) is 16.9 Å². The molecule has 3 nitrogen and oxygen atoms in total. The van der Waals surface area contributed by atoms with Gasteiger partial charge in [0.1, 0.15) is 0 Å². The zero-order valence-electron chi connectivity index (χ0n) is 8.29. The molecular weight excluding hydrogens is 183 g/mol. The first-order valence-electron chi connectivity index (χ1n) is 4.68. The number of nitrogen functional groups attached to an aromatic ring is 1. The molecule has 0 spiro atoms. The third-order valence-corrected chi connectivity index (χ3v) is 2.26. The number of hydrogen-bond donors (Lipinski definition) is 1. The van der Waals surface area contributed by atoms with Crippen LogP contribution in [0, 0.1) is 6.92 Å². The van der Waals surface area contributed by atoms with E-state index in [1.165, 1.54) is 6.07 Å². The lowest BCUT2D eigenvalue weighted by molar-refractivity contribution is 0.444. The molecule has 4 heteroatoms. The average Bonchev–Trinajstić information content (AvgIpc) is 2.18. The van der Waals surface area contributed by atoms with Crippen molar-refractivity contribution >= 4 is 5.69 Å². The van der Waals surface area contributed by atoms with Gasteiger partial charge in [0.15, 0.2) is 0 Å². The molecule has 0 unspecified atom stereocenters. The molecule has 0 amide bonds. The van der Waals surface area contributed by atoms with Crippen LogP contribution in [0.5, 0.6) is 0 Å². The third-order valence-electron chi connectivity index (χ3n) is 2.26. The molecule has 14 heavy (non-hydrogen) atoms. The summed E-state index contributed by atoms with van der Waals surface area (Å²) in [6, 6.07) is 3.04. The van der Waals surface area contributed by atoms with Crippen molar-refractivity contribution in [2.24, 2.45) is 0 Å². The van der Waals surface area contributed by atoms with Crippen molar-refractivity contribution in [2.75, 3.05) is 12.4 Å². The number of aromatic nitrogens is 1. The molecule has 2 N–H and O–H groups in total. The summed E-state index contributed by atoms with van der Waals surface area (Å²) in [7, 11) is 0. The molecule has 1 aromatic rings. The second-order valence-electron chi connectivity index (χ2n) is 3.26. The summed E-state index contributed by atoms with van der Waals surface area (Å²) in [5, 5.41) is 0. The van der Waals surface area contributed by atoms with Gasteiger partial charge in [0, 0.05) is 18.3 Å². The van der Waals surface area contributed by atoms with E-state index in [4.69, 9.17) is 5.73 Å². The number of hydrogen-bond acceptors (Lipinski definition) is 2. The molecule has 0 aromatic carbocycles. The van der Waals surface area contributed by atoms with Crippen molar-refractivity contribution in [2.45, 2.75) is 26.3 Å². The monoisotopic (exact) mass is 198 g/mol. The normalized spacial score (nSPS) is 10.4. The number of pyridine rings is 1. The standard InChI is InChI=1S/C10H15FN2O/c1-8-9(12)4-5-10(14)13(8)7-3-2-6-11/h4-5H,2-3,6-7,12H2,1H3. The maximum Gasteiger partial charge on any atom is 0.250 e. The minimum absolute atomic E-state index is 0.0736. The molecule has 78 valence electrons. The fraction of sp³-hybridized carbons (Fsp3) is 0.500. The maximum atomic E-state index is 11.9. The highest BCUT2D eigenvalue weighted by Gasteiger charge is 2.02. The highest BCUT2D eigenvalue weighted by Crippen LogP contribution is 2.07. The summed E-state index contributed by atoms with van der Waals surface area (Å²) in [5.74, 6) is 0. The number of alkyl halides is 1. The van der Waals surface area contributed by atoms with Gasteiger partial charge in [-0.3, -0.25) is 9.18 Å². The zero-order valence-corrected chi connectivity index (χ0v) is 8.29. The maximum absolute atomic E-state index is 11.9. The second kappa shape index (κ2) is 4.79. The van der Waals surface area contributed by atoms with Crippen molar-refractivity contribution in [3.8, 4) is 0 Å². The summed E-state index contributed by atoms with van der Waals surface area (Å²) >= 11 is 0. The van der Waals surface area contributed by atoms with Gasteiger partial charge < -0.3 is 10.3 Å². The van der Waals surface area contributed by atoms with Crippen LogP contribution in [-0.2, 0) is 6.54 Å². The first-order chi connectivity index (χ1) is 6.66. The van der Waals surface area contributed by atoms with E-state index in [0.717, 1.165) is 5.69 Å². The third kappa shape index (κ3) is 2.34. The molecule has 1 aromatic heterocycles. The van der Waals surface area contributed by atoms with Crippen LogP contribution in [0.2, 0.25) is 0 Å². The molecule has 0 bridgehead atoms. The largest absolute Gasteiger partial charge is 0.397 e. The van der Waals surface area contributed by atoms with E-state index < -0.39 is 0 Å². The van der Waals surface area contributed by atoms with E-state index >= 15 is 0 Å². The van der Waals surface area contributed by atoms with Gasteiger partial charge in [0.2, 0.25) is 0 Å². The number of nitrogens with two attached hydrogens (primary N) is 1. The lowest BCUT2D eigenvalue weighted by Crippen LogP contribution is -2.22. The van der Waals surface area contributed by atoms with E-state index in [9.17, 15) is 9.18 Å². The minimum Gasteiger partial charge on any atom is -0.397 e. The van der Waals surface area contributed by atoms with E-state index in [1.807, 2.05) is 0 Å². The molecule has 0 aliphatic rings. The van der Waals surface area contributed by atoms with Crippen LogP contribution < -0.4 is 11.3 Å². The Morgan fingerprint density at radius 2 is 2.14 bits per heavy atom. The van der Waals surface area contributed by atoms with Gasteiger partial charge in [0.25, 0.3) is 5.56 Å². The number of rotatable bonds is 4. The Labute approximate surface area is 82.4 Å². The molecule has 1 heterocycles. The summed E-state index contributed by atoms with van der Waals surface area (Å²) < 4.78 is 13.5. The molecule has 0 aliphatic carbocycles. The SMILES string of the molecule is Cc1c(N)ccc(=O)n1CCCCF. The molecule has 0 atom stereocenters. The van der Waals surface area contributed by atoms with Crippen LogP contribution in [0.1, 0.15) is 18.5 Å². The zero-order chi connectivity index (χ0) is 10.6. The van der Waals surface area contributed by atoms with Crippen LogP contribution in [0.25, 0.3) is 0 Å². The fourth-order valence-electron chi connectivity index (χ4n) is 1.34. The Morgan fingerprint density at radius 3 is 2.79 bits per heavy atom. The van der Waals surface area contributed by atoms with Gasteiger partial charge in [-0.05, 0) is 25.8 Å². The van der Waals surface area contributed by atoms with Gasteiger partial charge in [0.05, 0.1) is 12.4 Å². The van der Waals surface area contributed by atoms with E-state index in [2.05, 4.69) is 0 Å². The Morgan fingerprint density at radius 1 is 1.43 bits per heavy atom. The predicted octanol–water partition coefficient (Wildman–Crippen LogP) is 1.49. The van der Waals surface area contributed by atoms with Gasteiger partial charge in [-0.2, -0.15) is 0 Å². The lowest BCUT2D eigenvalue weighted by Gasteiger charge is -2.10. The molecule has 0 fully saturated rings. The highest BCUT2D eigenvalue weighted by molar-refractivity contribution is 5.41. The lowest BCUT2D eigenvalue weighted by atomic mass is 10.2. The number of anilines is 1. The minimum atomic E-state index is -0.337. The van der Waals surface area contributed by atoms with E-state index in [0.29, 0.717) is 25.1 Å². The Balaban J connectivity index is 2.84. The van der Waals surface area contributed by atoms with Crippen LogP contribution in [-0.4, -0.2) is 11.2 Å². The molecule has 0 saturated carbocycles. The van der Waals surface area contributed by atoms with Gasteiger partial charge in [-0.25, -0.2) is 0 Å². The Kier molecular flexibility index (Phi) is 3.68. The van der Waals surface area contributed by atoms with Crippen molar-refractivity contribution < 1.29 is 4.39 Å².